The maximum absolute atomic E-state index is 10.0. The average molecular weight is 131 g/mol. The van der Waals surface area contributed by atoms with Gasteiger partial charge in [-0.2, -0.15) is 0 Å². The van der Waals surface area contributed by atoms with Gasteiger partial charge in [0.1, 0.15) is 0 Å². The van der Waals surface area contributed by atoms with Crippen LogP contribution in [0.5, 0.6) is 0 Å². The van der Waals surface area contributed by atoms with Crippen LogP contribution < -0.4 is 11.5 Å². The molecule has 0 bridgehead atoms. The number of amides is 2. The SMILES string of the molecule is NC(=O)C(=NO)C(N)=O. The number of hydrogen-bond donors (Lipinski definition) is 3. The fourth-order valence-corrected chi connectivity index (χ4v) is 0.220. The molecular formula is C3H5N3O3. The Hall–Kier alpha value is -1.59. The first-order valence-electron chi connectivity index (χ1n) is 1.91. The second-order valence-electron chi connectivity index (χ2n) is 1.18. The van der Waals surface area contributed by atoms with Crippen molar-refractivity contribution in [1.29, 1.82) is 0 Å². The van der Waals surface area contributed by atoms with Crippen molar-refractivity contribution >= 4 is 17.5 Å². The van der Waals surface area contributed by atoms with E-state index in [0.717, 1.165) is 0 Å². The fraction of sp³-hybridized carbons (Fsp3) is 0. The lowest BCUT2D eigenvalue weighted by Crippen LogP contribution is -2.35. The third-order valence-electron chi connectivity index (χ3n) is 0.567. The molecule has 0 aliphatic heterocycles. The standard InChI is InChI=1S/C3H5N3O3/c4-2(7)1(6-9)3(5)8/h9H,(H2,4,7)(H2,5,8). The van der Waals surface area contributed by atoms with E-state index >= 15 is 0 Å². The van der Waals surface area contributed by atoms with Gasteiger partial charge in [-0.05, 0) is 0 Å². The number of carbonyl (C=O) groups excluding carboxylic acids is 2. The van der Waals surface area contributed by atoms with Crippen LogP contribution in [0.2, 0.25) is 0 Å². The van der Waals surface area contributed by atoms with Crippen molar-refractivity contribution < 1.29 is 14.8 Å². The molecule has 0 aliphatic rings. The summed E-state index contributed by atoms with van der Waals surface area (Å²) in [5.74, 6) is -2.30. The van der Waals surface area contributed by atoms with E-state index in [2.05, 4.69) is 16.6 Å². The van der Waals surface area contributed by atoms with Crippen molar-refractivity contribution in [3.05, 3.63) is 0 Å². The molecule has 2 amide bonds. The van der Waals surface area contributed by atoms with Gasteiger partial charge in [0.15, 0.2) is 0 Å². The number of hydrogen-bond acceptors (Lipinski definition) is 4. The molecule has 0 unspecified atom stereocenters. The number of nitrogens with two attached hydrogens (primary N) is 2. The smallest absolute Gasteiger partial charge is 0.276 e. The van der Waals surface area contributed by atoms with Gasteiger partial charge in [0, 0.05) is 0 Å². The van der Waals surface area contributed by atoms with E-state index in [9.17, 15) is 9.59 Å². The molecule has 6 nitrogen and oxygen atoms in total. The molecule has 0 aliphatic carbocycles. The normalized spacial score (nSPS) is 8.00. The number of nitrogens with zero attached hydrogens (tertiary/aromatic N) is 1. The lowest BCUT2D eigenvalue weighted by atomic mass is 10.3. The van der Waals surface area contributed by atoms with Crippen LogP contribution >= 0.6 is 0 Å². The summed E-state index contributed by atoms with van der Waals surface area (Å²) < 4.78 is 0. The number of carbonyl (C=O) groups is 2. The van der Waals surface area contributed by atoms with E-state index in [4.69, 9.17) is 5.21 Å². The summed E-state index contributed by atoms with van der Waals surface area (Å²) in [5.41, 5.74) is 8.18. The highest BCUT2D eigenvalue weighted by atomic mass is 16.4. The van der Waals surface area contributed by atoms with E-state index in [1.807, 2.05) is 0 Å². The van der Waals surface area contributed by atoms with Gasteiger partial charge >= 0.3 is 0 Å². The molecule has 50 valence electrons. The van der Waals surface area contributed by atoms with Crippen molar-refractivity contribution in [2.75, 3.05) is 0 Å². The van der Waals surface area contributed by atoms with Crippen LogP contribution in [0.25, 0.3) is 0 Å². The molecule has 0 atom stereocenters. The van der Waals surface area contributed by atoms with Gasteiger partial charge in [0.05, 0.1) is 0 Å². The minimum Gasteiger partial charge on any atom is -0.410 e. The molecule has 0 radical (unpaired) electrons. The molecular weight excluding hydrogens is 126 g/mol. The van der Waals surface area contributed by atoms with Crippen molar-refractivity contribution in [1.82, 2.24) is 0 Å². The average Bonchev–Trinajstić information content (AvgIpc) is 1.64. The molecule has 0 saturated heterocycles. The summed E-state index contributed by atoms with van der Waals surface area (Å²) in [7, 11) is 0. The van der Waals surface area contributed by atoms with Crippen LogP contribution in [-0.2, 0) is 9.59 Å². The zero-order valence-electron chi connectivity index (χ0n) is 4.37. The molecule has 0 aromatic heterocycles. The van der Waals surface area contributed by atoms with E-state index in [0.29, 0.717) is 0 Å². The van der Waals surface area contributed by atoms with Gasteiger partial charge in [-0.1, -0.05) is 5.16 Å². The monoisotopic (exact) mass is 131 g/mol. The first kappa shape index (κ1) is 7.41. The summed E-state index contributed by atoms with van der Waals surface area (Å²) in [6, 6.07) is 0. The Bertz CT molecular complexity index is 157. The fourth-order valence-electron chi connectivity index (χ4n) is 0.220. The number of primary amides is 2. The predicted molar refractivity (Wildman–Crippen MR) is 27.6 cm³/mol. The van der Waals surface area contributed by atoms with Crippen LogP contribution in [0.4, 0.5) is 0 Å². The van der Waals surface area contributed by atoms with Gasteiger partial charge < -0.3 is 16.7 Å². The van der Waals surface area contributed by atoms with Crippen LogP contribution in [0, 0.1) is 0 Å². The Morgan fingerprint density at radius 3 is 1.56 bits per heavy atom. The molecule has 0 fully saturated rings. The number of oxime groups is 1. The van der Waals surface area contributed by atoms with E-state index in [-0.39, 0.29) is 0 Å². The molecule has 0 saturated carbocycles. The Morgan fingerprint density at radius 2 is 1.56 bits per heavy atom. The largest absolute Gasteiger partial charge is 0.410 e. The summed E-state index contributed by atoms with van der Waals surface area (Å²) in [5, 5.41) is 10.1. The first-order chi connectivity index (χ1) is 4.09. The van der Waals surface area contributed by atoms with Gasteiger partial charge in [0.25, 0.3) is 11.8 Å². The Balaban J connectivity index is 4.38. The topological polar surface area (TPSA) is 119 Å². The third kappa shape index (κ3) is 1.76. The molecule has 0 aromatic carbocycles. The molecule has 9 heavy (non-hydrogen) atoms. The van der Waals surface area contributed by atoms with Crippen LogP contribution in [-0.4, -0.2) is 22.7 Å². The lowest BCUT2D eigenvalue weighted by molar-refractivity contribution is -0.116. The second kappa shape index (κ2) is 2.65. The highest BCUT2D eigenvalue weighted by Gasteiger charge is 2.13. The van der Waals surface area contributed by atoms with Crippen molar-refractivity contribution in [2.45, 2.75) is 0 Å². The minimum atomic E-state index is -1.15. The molecule has 6 heteroatoms. The number of rotatable bonds is 2. The molecule has 0 aromatic rings. The quantitative estimate of drug-likeness (QED) is 0.170. The predicted octanol–water partition coefficient (Wildman–Crippen LogP) is -2.21. The van der Waals surface area contributed by atoms with E-state index in [1.54, 1.807) is 0 Å². The molecule has 0 heterocycles. The maximum atomic E-state index is 10.0. The van der Waals surface area contributed by atoms with E-state index in [1.165, 1.54) is 0 Å². The highest BCUT2D eigenvalue weighted by Crippen LogP contribution is 1.71. The van der Waals surface area contributed by atoms with Crippen LogP contribution in [0.15, 0.2) is 5.16 Å². The first-order valence-corrected chi connectivity index (χ1v) is 1.91. The molecule has 0 spiro atoms. The third-order valence-corrected chi connectivity index (χ3v) is 0.567. The summed E-state index contributed by atoms with van der Waals surface area (Å²) >= 11 is 0. The maximum Gasteiger partial charge on any atom is 0.276 e. The molecule has 5 N–H and O–H groups in total. The van der Waals surface area contributed by atoms with E-state index < -0.39 is 17.5 Å². The molecule has 0 rings (SSSR count). The van der Waals surface area contributed by atoms with Gasteiger partial charge in [-0.25, -0.2) is 0 Å². The van der Waals surface area contributed by atoms with Crippen LogP contribution in [0.3, 0.4) is 0 Å². The Kier molecular flexibility index (Phi) is 2.18. The lowest BCUT2D eigenvalue weighted by Gasteiger charge is -1.88. The van der Waals surface area contributed by atoms with Crippen molar-refractivity contribution in [3.63, 3.8) is 0 Å². The van der Waals surface area contributed by atoms with Crippen molar-refractivity contribution in [2.24, 2.45) is 16.6 Å². The van der Waals surface area contributed by atoms with Gasteiger partial charge in [0.2, 0.25) is 5.71 Å². The zero-order chi connectivity index (χ0) is 7.44. The summed E-state index contributed by atoms with van der Waals surface area (Å²) in [6.45, 7) is 0. The van der Waals surface area contributed by atoms with Gasteiger partial charge in [-0.15, -0.1) is 0 Å². The van der Waals surface area contributed by atoms with Crippen molar-refractivity contribution in [3.8, 4) is 0 Å². The second-order valence-corrected chi connectivity index (χ2v) is 1.18. The Labute approximate surface area is 50.1 Å². The summed E-state index contributed by atoms with van der Waals surface area (Å²) in [6.07, 6.45) is 0. The minimum absolute atomic E-state index is 0.852. The van der Waals surface area contributed by atoms with Crippen LogP contribution in [0.1, 0.15) is 0 Å². The Morgan fingerprint density at radius 1 is 1.22 bits per heavy atom. The van der Waals surface area contributed by atoms with Gasteiger partial charge in [-0.3, -0.25) is 9.59 Å². The summed E-state index contributed by atoms with van der Waals surface area (Å²) in [4.78, 5) is 20.0. The highest BCUT2D eigenvalue weighted by molar-refractivity contribution is 6.64. The zero-order valence-corrected chi connectivity index (χ0v) is 4.37.